The highest BCUT2D eigenvalue weighted by Gasteiger charge is 2.25. The molecule has 0 fully saturated rings. The summed E-state index contributed by atoms with van der Waals surface area (Å²) >= 11 is 6.51. The molecule has 0 saturated carbocycles. The Morgan fingerprint density at radius 2 is 2.13 bits per heavy atom. The van der Waals surface area contributed by atoms with Crippen molar-refractivity contribution in [1.82, 2.24) is 24.6 Å². The molecule has 1 aliphatic heterocycles. The van der Waals surface area contributed by atoms with Gasteiger partial charge in [-0.2, -0.15) is 5.10 Å². The normalized spacial score (nSPS) is 15.1. The third kappa shape index (κ3) is 4.59. The first-order valence-electron chi connectivity index (χ1n) is 10.3. The Labute approximate surface area is 185 Å². The Kier molecular flexibility index (Phi) is 6.27. The van der Waals surface area contributed by atoms with E-state index < -0.39 is 5.50 Å². The first-order valence-corrected chi connectivity index (χ1v) is 10.7. The quantitative estimate of drug-likeness (QED) is 0.411. The van der Waals surface area contributed by atoms with Gasteiger partial charge in [-0.05, 0) is 56.2 Å². The van der Waals surface area contributed by atoms with E-state index in [4.69, 9.17) is 16.3 Å². The van der Waals surface area contributed by atoms with Crippen molar-refractivity contribution in [3.05, 3.63) is 65.9 Å². The number of rotatable bonds is 8. The molecule has 9 heteroatoms. The second-order valence-corrected chi connectivity index (χ2v) is 7.61. The second-order valence-electron chi connectivity index (χ2n) is 7.16. The maximum atomic E-state index is 12.8. The van der Waals surface area contributed by atoms with E-state index in [1.54, 1.807) is 17.1 Å². The van der Waals surface area contributed by atoms with Crippen molar-refractivity contribution >= 4 is 29.0 Å². The number of nitrogens with zero attached hydrogens (tertiary/aromatic N) is 4. The van der Waals surface area contributed by atoms with E-state index in [0.717, 1.165) is 35.8 Å². The number of aryl methyl sites for hydroxylation is 2. The first kappa shape index (κ1) is 21.0. The molecule has 1 aromatic carbocycles. The van der Waals surface area contributed by atoms with Crippen molar-refractivity contribution in [2.75, 3.05) is 18.5 Å². The van der Waals surface area contributed by atoms with E-state index >= 15 is 0 Å². The van der Waals surface area contributed by atoms with Crippen molar-refractivity contribution in [1.29, 1.82) is 0 Å². The molecule has 0 saturated heterocycles. The fourth-order valence-corrected chi connectivity index (χ4v) is 3.74. The minimum Gasteiger partial charge on any atom is -0.494 e. The molecule has 8 nitrogen and oxygen atoms in total. The van der Waals surface area contributed by atoms with Gasteiger partial charge in [0, 0.05) is 31.2 Å². The fourth-order valence-electron chi connectivity index (χ4n) is 3.47. The summed E-state index contributed by atoms with van der Waals surface area (Å²) in [7, 11) is 0. The molecule has 162 valence electrons. The SMILES string of the molecule is CCOc1ccc(C2=CC(Cl)n3ncc(C(=O)NCCCn4ccnc4C)c3N2)cc1. The molecule has 1 amide bonds. The monoisotopic (exact) mass is 440 g/mol. The fraction of sp³-hybridized carbons (Fsp3) is 0.318. The molecule has 1 aliphatic rings. The Hall–Kier alpha value is -3.26. The minimum absolute atomic E-state index is 0.187. The number of hydrogen-bond donors (Lipinski definition) is 2. The van der Waals surface area contributed by atoms with E-state index in [2.05, 4.69) is 25.3 Å². The summed E-state index contributed by atoms with van der Waals surface area (Å²) in [6.45, 7) is 5.87. The van der Waals surface area contributed by atoms with Gasteiger partial charge in [0.25, 0.3) is 5.91 Å². The van der Waals surface area contributed by atoms with Crippen molar-refractivity contribution < 1.29 is 9.53 Å². The van der Waals surface area contributed by atoms with Crippen LogP contribution in [0.2, 0.25) is 0 Å². The van der Waals surface area contributed by atoms with Crippen LogP contribution < -0.4 is 15.4 Å². The molecule has 3 heterocycles. The number of carbonyl (C=O) groups is 1. The molecule has 0 spiro atoms. The lowest BCUT2D eigenvalue weighted by molar-refractivity contribution is 0.0953. The van der Waals surface area contributed by atoms with Crippen LogP contribution in [-0.4, -0.2) is 38.4 Å². The Balaban J connectivity index is 1.41. The number of amides is 1. The number of aromatic nitrogens is 4. The number of alkyl halides is 1. The maximum Gasteiger partial charge on any atom is 0.256 e. The van der Waals surface area contributed by atoms with Crippen LogP contribution in [0.1, 0.15) is 40.6 Å². The number of allylic oxidation sites excluding steroid dienone is 1. The number of carbonyl (C=O) groups excluding carboxylic acids is 1. The highest BCUT2D eigenvalue weighted by molar-refractivity contribution is 6.21. The predicted octanol–water partition coefficient (Wildman–Crippen LogP) is 3.81. The van der Waals surface area contributed by atoms with Gasteiger partial charge >= 0.3 is 0 Å². The number of fused-ring (bicyclic) bond motifs is 1. The third-order valence-electron chi connectivity index (χ3n) is 5.09. The van der Waals surface area contributed by atoms with E-state index in [1.165, 1.54) is 0 Å². The van der Waals surface area contributed by atoms with Gasteiger partial charge in [-0.15, -0.1) is 0 Å². The zero-order valence-corrected chi connectivity index (χ0v) is 18.3. The van der Waals surface area contributed by atoms with Gasteiger partial charge in [0.05, 0.1) is 12.8 Å². The van der Waals surface area contributed by atoms with Gasteiger partial charge in [0.15, 0.2) is 0 Å². The van der Waals surface area contributed by atoms with Gasteiger partial charge in [-0.1, -0.05) is 11.6 Å². The van der Waals surface area contributed by atoms with E-state index in [1.807, 2.05) is 50.4 Å². The van der Waals surface area contributed by atoms with Crippen LogP contribution in [0, 0.1) is 6.92 Å². The highest BCUT2D eigenvalue weighted by atomic mass is 35.5. The summed E-state index contributed by atoms with van der Waals surface area (Å²) in [5.41, 5.74) is 1.73. The Bertz CT molecular complexity index is 1090. The summed E-state index contributed by atoms with van der Waals surface area (Å²) in [6, 6.07) is 7.73. The third-order valence-corrected chi connectivity index (χ3v) is 5.40. The molecule has 0 aliphatic carbocycles. The van der Waals surface area contributed by atoms with Crippen LogP contribution in [-0.2, 0) is 6.54 Å². The number of imidazole rings is 1. The van der Waals surface area contributed by atoms with E-state index in [-0.39, 0.29) is 5.91 Å². The summed E-state index contributed by atoms with van der Waals surface area (Å²) in [4.78, 5) is 17.0. The number of benzene rings is 1. The molecule has 1 unspecified atom stereocenters. The molecule has 3 aromatic rings. The molecule has 4 rings (SSSR count). The average molecular weight is 441 g/mol. The number of hydrogen-bond acceptors (Lipinski definition) is 5. The van der Waals surface area contributed by atoms with E-state index in [9.17, 15) is 4.79 Å². The number of ether oxygens (including phenoxy) is 1. The van der Waals surface area contributed by atoms with Crippen LogP contribution in [0.4, 0.5) is 5.82 Å². The molecule has 2 N–H and O–H groups in total. The topological polar surface area (TPSA) is 86.0 Å². The molecular weight excluding hydrogens is 416 g/mol. The van der Waals surface area contributed by atoms with Gasteiger partial charge in [0.2, 0.25) is 0 Å². The summed E-state index contributed by atoms with van der Waals surface area (Å²) in [6.07, 6.45) is 7.92. The first-order chi connectivity index (χ1) is 15.1. The summed E-state index contributed by atoms with van der Waals surface area (Å²) < 4.78 is 9.16. The number of anilines is 1. The van der Waals surface area contributed by atoms with Gasteiger partial charge in [-0.25, -0.2) is 9.67 Å². The predicted molar refractivity (Wildman–Crippen MR) is 120 cm³/mol. The zero-order chi connectivity index (χ0) is 21.8. The van der Waals surface area contributed by atoms with Gasteiger partial charge in [0.1, 0.15) is 28.5 Å². The van der Waals surface area contributed by atoms with Crippen LogP contribution in [0.15, 0.2) is 48.9 Å². The maximum absolute atomic E-state index is 12.8. The van der Waals surface area contributed by atoms with Crippen LogP contribution >= 0.6 is 11.6 Å². The summed E-state index contributed by atoms with van der Waals surface area (Å²) in [5.74, 6) is 2.16. The van der Waals surface area contributed by atoms with Crippen LogP contribution in [0.3, 0.4) is 0 Å². The lowest BCUT2D eigenvalue weighted by Gasteiger charge is -2.22. The average Bonchev–Trinajstić information content (AvgIpc) is 3.38. The highest BCUT2D eigenvalue weighted by Crippen LogP contribution is 2.34. The van der Waals surface area contributed by atoms with Crippen molar-refractivity contribution in [2.24, 2.45) is 0 Å². The molecule has 31 heavy (non-hydrogen) atoms. The summed E-state index contributed by atoms with van der Waals surface area (Å²) in [5, 5.41) is 10.6. The second kappa shape index (κ2) is 9.26. The molecule has 0 bridgehead atoms. The molecule has 1 atom stereocenters. The van der Waals surface area contributed by atoms with Gasteiger partial charge < -0.3 is 19.9 Å². The van der Waals surface area contributed by atoms with Crippen molar-refractivity contribution in [2.45, 2.75) is 32.3 Å². The largest absolute Gasteiger partial charge is 0.494 e. The lowest BCUT2D eigenvalue weighted by atomic mass is 10.1. The molecule has 0 radical (unpaired) electrons. The standard InChI is InChI=1S/C22H25ClN6O2/c1-3-31-17-7-5-16(6-8-17)19-13-20(23)29-21(27-19)18(14-26-29)22(30)25-9-4-11-28-12-10-24-15(28)2/h5-8,10,12-14,20,27H,3-4,9,11H2,1-2H3,(H,25,30). The van der Waals surface area contributed by atoms with Gasteiger partial charge in [-0.3, -0.25) is 4.79 Å². The van der Waals surface area contributed by atoms with Crippen LogP contribution in [0.25, 0.3) is 5.70 Å². The van der Waals surface area contributed by atoms with Crippen molar-refractivity contribution in [3.8, 4) is 5.75 Å². The minimum atomic E-state index is -0.497. The Morgan fingerprint density at radius 3 is 2.84 bits per heavy atom. The number of halogens is 1. The zero-order valence-electron chi connectivity index (χ0n) is 17.5. The number of nitrogens with one attached hydrogen (secondary N) is 2. The Morgan fingerprint density at radius 1 is 1.32 bits per heavy atom. The lowest BCUT2D eigenvalue weighted by Crippen LogP contribution is -2.26. The van der Waals surface area contributed by atoms with Crippen molar-refractivity contribution in [3.63, 3.8) is 0 Å². The van der Waals surface area contributed by atoms with Crippen LogP contribution in [0.5, 0.6) is 5.75 Å². The van der Waals surface area contributed by atoms with E-state index in [0.29, 0.717) is 24.5 Å². The molecule has 2 aromatic heterocycles. The smallest absolute Gasteiger partial charge is 0.256 e. The molecular formula is C22H25ClN6O2.